The SMILES string of the molecule is CCOC(=O)c1nc(C(F)F)c(Br)cc1I. The molecule has 0 radical (unpaired) electrons. The standard InChI is InChI=1S/C9H7BrF2INO2/c1-2-16-9(15)7-5(13)3-4(10)6(14-7)8(11)12/h3,8H,2H2,1H3. The number of hydrogen-bond acceptors (Lipinski definition) is 3. The third-order valence-corrected chi connectivity index (χ3v) is 3.09. The Morgan fingerprint density at radius 3 is 2.81 bits per heavy atom. The predicted octanol–water partition coefficient (Wildman–Crippen LogP) is 3.56. The first kappa shape index (κ1) is 13.8. The summed E-state index contributed by atoms with van der Waals surface area (Å²) in [5, 5.41) is 0. The molecule has 1 aromatic rings. The molecule has 0 saturated heterocycles. The van der Waals surface area contributed by atoms with Crippen LogP contribution in [0.15, 0.2) is 10.5 Å². The molecule has 3 nitrogen and oxygen atoms in total. The lowest BCUT2D eigenvalue weighted by Crippen LogP contribution is -2.11. The van der Waals surface area contributed by atoms with Crippen LogP contribution in [0.4, 0.5) is 8.78 Å². The van der Waals surface area contributed by atoms with E-state index < -0.39 is 18.1 Å². The van der Waals surface area contributed by atoms with E-state index in [0.29, 0.717) is 3.57 Å². The van der Waals surface area contributed by atoms with Gasteiger partial charge in [0.05, 0.1) is 6.61 Å². The first-order chi connectivity index (χ1) is 7.47. The molecule has 0 spiro atoms. The van der Waals surface area contributed by atoms with Gasteiger partial charge in [0.1, 0.15) is 5.69 Å². The van der Waals surface area contributed by atoms with Crippen LogP contribution in [0.5, 0.6) is 0 Å². The lowest BCUT2D eigenvalue weighted by molar-refractivity contribution is 0.0516. The van der Waals surface area contributed by atoms with Crippen LogP contribution in [0, 0.1) is 3.57 Å². The van der Waals surface area contributed by atoms with Gasteiger partial charge in [0.25, 0.3) is 6.43 Å². The van der Waals surface area contributed by atoms with Crippen molar-refractivity contribution < 1.29 is 18.3 Å². The van der Waals surface area contributed by atoms with Crippen LogP contribution < -0.4 is 0 Å². The molecule has 7 heteroatoms. The van der Waals surface area contributed by atoms with E-state index in [2.05, 4.69) is 20.9 Å². The predicted molar refractivity (Wildman–Crippen MR) is 65.6 cm³/mol. The van der Waals surface area contributed by atoms with Crippen molar-refractivity contribution in [1.29, 1.82) is 0 Å². The number of ether oxygens (including phenoxy) is 1. The van der Waals surface area contributed by atoms with E-state index in [9.17, 15) is 13.6 Å². The van der Waals surface area contributed by atoms with Crippen LogP contribution in [-0.4, -0.2) is 17.6 Å². The number of carbonyl (C=O) groups is 1. The van der Waals surface area contributed by atoms with Crippen LogP contribution in [0.2, 0.25) is 0 Å². The molecule has 0 fully saturated rings. The normalized spacial score (nSPS) is 10.6. The number of aromatic nitrogens is 1. The molecule has 1 heterocycles. The fourth-order valence-electron chi connectivity index (χ4n) is 0.976. The Hall–Kier alpha value is -0.310. The second kappa shape index (κ2) is 5.85. The zero-order valence-electron chi connectivity index (χ0n) is 8.14. The molecule has 0 aliphatic heterocycles. The highest BCUT2D eigenvalue weighted by molar-refractivity contribution is 14.1. The van der Waals surface area contributed by atoms with Crippen molar-refractivity contribution in [3.05, 3.63) is 25.5 Å². The summed E-state index contributed by atoms with van der Waals surface area (Å²) in [5.41, 5.74) is -0.538. The molecule has 88 valence electrons. The van der Waals surface area contributed by atoms with Crippen molar-refractivity contribution in [1.82, 2.24) is 4.98 Å². The number of rotatable bonds is 3. The van der Waals surface area contributed by atoms with Crippen LogP contribution in [0.1, 0.15) is 29.5 Å². The summed E-state index contributed by atoms with van der Waals surface area (Å²) in [6, 6.07) is 1.42. The topological polar surface area (TPSA) is 39.2 Å². The molecule has 0 aromatic carbocycles. The van der Waals surface area contributed by atoms with E-state index >= 15 is 0 Å². The minimum atomic E-state index is -2.74. The van der Waals surface area contributed by atoms with Crippen LogP contribution in [0.3, 0.4) is 0 Å². The minimum absolute atomic E-state index is 0.0825. The summed E-state index contributed by atoms with van der Waals surface area (Å²) in [6.07, 6.45) is -2.74. The quantitative estimate of drug-likeness (QED) is 0.570. The zero-order valence-corrected chi connectivity index (χ0v) is 11.9. The zero-order chi connectivity index (χ0) is 12.3. The Morgan fingerprint density at radius 2 is 2.31 bits per heavy atom. The number of pyridine rings is 1. The van der Waals surface area contributed by atoms with Gasteiger partial charge in [-0.05, 0) is 51.5 Å². The molecular weight excluding hydrogens is 399 g/mol. The van der Waals surface area contributed by atoms with Gasteiger partial charge < -0.3 is 4.74 Å². The minimum Gasteiger partial charge on any atom is -0.461 e. The van der Waals surface area contributed by atoms with E-state index in [1.54, 1.807) is 6.92 Å². The summed E-state index contributed by atoms with van der Waals surface area (Å²) in [6.45, 7) is 1.81. The van der Waals surface area contributed by atoms with Gasteiger partial charge in [0.15, 0.2) is 5.69 Å². The first-order valence-corrected chi connectivity index (χ1v) is 6.15. The van der Waals surface area contributed by atoms with Crippen LogP contribution >= 0.6 is 38.5 Å². The Labute approximate surface area is 113 Å². The highest BCUT2D eigenvalue weighted by atomic mass is 127. The van der Waals surface area contributed by atoms with Crippen molar-refractivity contribution in [2.75, 3.05) is 6.61 Å². The lowest BCUT2D eigenvalue weighted by Gasteiger charge is -2.07. The molecule has 0 bridgehead atoms. The van der Waals surface area contributed by atoms with Gasteiger partial charge in [-0.2, -0.15) is 0 Å². The second-order valence-electron chi connectivity index (χ2n) is 2.71. The maximum atomic E-state index is 12.5. The Morgan fingerprint density at radius 1 is 1.69 bits per heavy atom. The molecule has 0 atom stereocenters. The lowest BCUT2D eigenvalue weighted by atomic mass is 10.3. The fourth-order valence-corrected chi connectivity index (χ4v) is 2.55. The van der Waals surface area contributed by atoms with E-state index in [-0.39, 0.29) is 16.8 Å². The van der Waals surface area contributed by atoms with Crippen LogP contribution in [-0.2, 0) is 4.74 Å². The van der Waals surface area contributed by atoms with Crippen LogP contribution in [0.25, 0.3) is 0 Å². The molecular formula is C9H7BrF2INO2. The highest BCUT2D eigenvalue weighted by Gasteiger charge is 2.20. The van der Waals surface area contributed by atoms with Crippen molar-refractivity contribution >= 4 is 44.5 Å². The van der Waals surface area contributed by atoms with Crippen molar-refractivity contribution in [3.63, 3.8) is 0 Å². The number of hydrogen-bond donors (Lipinski definition) is 0. The fraction of sp³-hybridized carbons (Fsp3) is 0.333. The van der Waals surface area contributed by atoms with Gasteiger partial charge >= 0.3 is 5.97 Å². The van der Waals surface area contributed by atoms with Gasteiger partial charge in [0, 0.05) is 8.04 Å². The number of nitrogens with zero attached hydrogens (tertiary/aromatic N) is 1. The van der Waals surface area contributed by atoms with Gasteiger partial charge in [-0.25, -0.2) is 18.6 Å². The molecule has 0 amide bonds. The summed E-state index contributed by atoms with van der Waals surface area (Å²) in [5.74, 6) is -0.693. The van der Waals surface area contributed by atoms with E-state index in [1.807, 2.05) is 22.6 Å². The van der Waals surface area contributed by atoms with Gasteiger partial charge in [-0.3, -0.25) is 0 Å². The Bertz CT molecular complexity index is 415. The maximum Gasteiger partial charge on any atom is 0.358 e. The number of esters is 1. The van der Waals surface area contributed by atoms with Crippen molar-refractivity contribution in [3.8, 4) is 0 Å². The number of carbonyl (C=O) groups excluding carboxylic acids is 1. The average Bonchev–Trinajstić information content (AvgIpc) is 2.17. The number of halogens is 4. The third-order valence-electron chi connectivity index (χ3n) is 1.63. The van der Waals surface area contributed by atoms with E-state index in [0.717, 1.165) is 0 Å². The van der Waals surface area contributed by atoms with Crippen molar-refractivity contribution in [2.24, 2.45) is 0 Å². The Kier molecular flexibility index (Phi) is 5.03. The average molecular weight is 406 g/mol. The first-order valence-electron chi connectivity index (χ1n) is 4.28. The van der Waals surface area contributed by atoms with E-state index in [1.165, 1.54) is 6.07 Å². The van der Waals surface area contributed by atoms with Gasteiger partial charge in [-0.15, -0.1) is 0 Å². The Balaban J connectivity index is 3.19. The second-order valence-corrected chi connectivity index (χ2v) is 4.72. The number of alkyl halides is 2. The summed E-state index contributed by atoms with van der Waals surface area (Å²) in [4.78, 5) is 15.0. The molecule has 1 rings (SSSR count). The third kappa shape index (κ3) is 3.09. The molecule has 0 aliphatic carbocycles. The monoisotopic (exact) mass is 405 g/mol. The van der Waals surface area contributed by atoms with Crippen molar-refractivity contribution in [2.45, 2.75) is 13.3 Å². The van der Waals surface area contributed by atoms with E-state index in [4.69, 9.17) is 4.74 Å². The maximum absolute atomic E-state index is 12.5. The largest absolute Gasteiger partial charge is 0.461 e. The molecule has 0 aliphatic rings. The molecule has 0 unspecified atom stereocenters. The summed E-state index contributed by atoms with van der Waals surface area (Å²) >= 11 is 4.81. The van der Waals surface area contributed by atoms with Gasteiger partial charge in [0.2, 0.25) is 0 Å². The summed E-state index contributed by atoms with van der Waals surface area (Å²) < 4.78 is 30.4. The molecule has 0 saturated carbocycles. The molecule has 0 N–H and O–H groups in total. The summed E-state index contributed by atoms with van der Waals surface area (Å²) in [7, 11) is 0. The highest BCUT2D eigenvalue weighted by Crippen LogP contribution is 2.28. The molecule has 16 heavy (non-hydrogen) atoms. The smallest absolute Gasteiger partial charge is 0.358 e. The van der Waals surface area contributed by atoms with Gasteiger partial charge in [-0.1, -0.05) is 0 Å². The molecule has 1 aromatic heterocycles.